The Labute approximate surface area is 375 Å². The van der Waals surface area contributed by atoms with Gasteiger partial charge in [0.2, 0.25) is 6.71 Å². The molecule has 0 N–H and O–H groups in total. The van der Waals surface area contributed by atoms with Crippen LogP contribution >= 0.6 is 0 Å². The first-order valence-electron chi connectivity index (χ1n) is 22.8. The molecule has 0 spiro atoms. The lowest BCUT2D eigenvalue weighted by Gasteiger charge is -2.35. The molecule has 2 aromatic heterocycles. The molecule has 13 rings (SSSR count). The zero-order chi connectivity index (χ0) is 43.1. The first kappa shape index (κ1) is 37.2. The van der Waals surface area contributed by atoms with E-state index in [0.29, 0.717) is 0 Å². The molecule has 0 saturated heterocycles. The third kappa shape index (κ3) is 5.04. The van der Waals surface area contributed by atoms with Crippen molar-refractivity contribution in [1.82, 2.24) is 9.13 Å². The van der Waals surface area contributed by atoms with Gasteiger partial charge in [0.05, 0.1) is 16.6 Å². The predicted octanol–water partition coefficient (Wildman–Crippen LogP) is 13.4. The molecular formula is C61H47BN2. The smallest absolute Gasteiger partial charge is 0.247 e. The molecule has 11 aromatic rings. The minimum Gasteiger partial charge on any atom is -0.310 e. The Morgan fingerprint density at radius 3 is 1.52 bits per heavy atom. The number of benzene rings is 9. The highest BCUT2D eigenvalue weighted by Gasteiger charge is 2.40. The van der Waals surface area contributed by atoms with Crippen molar-refractivity contribution in [2.24, 2.45) is 0 Å². The fourth-order valence-electron chi connectivity index (χ4n) is 12.7. The lowest BCUT2D eigenvalue weighted by Crippen LogP contribution is -2.57. The molecule has 2 aliphatic rings. The fourth-order valence-corrected chi connectivity index (χ4v) is 12.7. The van der Waals surface area contributed by atoms with Crippen molar-refractivity contribution in [3.8, 4) is 33.6 Å². The van der Waals surface area contributed by atoms with E-state index in [0.717, 1.165) is 0 Å². The van der Waals surface area contributed by atoms with Gasteiger partial charge in [0.25, 0.3) is 0 Å². The standard InChI is InChI=1S/C61H47BN2/c1-35-29-37(3)55(38(4)30-35)58-47-24-13-23-45-56-43(41-17-9-7-10-18-41)21-15-27-51(56)63(60(45)47)53-34-50-54(33-48(53)58)64-52-28-16-22-44(42-19-11-8-12-20-42)57(52)46-25-14-26-49(61(46)64)62(50)59-39(5)31-36(2)32-40(59)6/h7-34,58H,1-6H3. The van der Waals surface area contributed by atoms with Crippen LogP contribution in [-0.2, 0) is 0 Å². The molecule has 1 atom stereocenters. The lowest BCUT2D eigenvalue weighted by atomic mass is 9.34. The molecule has 304 valence electrons. The predicted molar refractivity (Wildman–Crippen MR) is 273 cm³/mol. The molecule has 64 heavy (non-hydrogen) atoms. The highest BCUT2D eigenvalue weighted by molar-refractivity contribution is 6.98. The Kier molecular flexibility index (Phi) is 7.89. The second-order valence-electron chi connectivity index (χ2n) is 18.7. The monoisotopic (exact) mass is 818 g/mol. The van der Waals surface area contributed by atoms with Gasteiger partial charge in [-0.2, -0.15) is 0 Å². The van der Waals surface area contributed by atoms with Gasteiger partial charge in [0.15, 0.2) is 0 Å². The number of hydrogen-bond donors (Lipinski definition) is 0. The molecule has 0 aliphatic carbocycles. The summed E-state index contributed by atoms with van der Waals surface area (Å²) in [5.41, 5.74) is 28.9. The zero-order valence-corrected chi connectivity index (χ0v) is 37.2. The van der Waals surface area contributed by atoms with Crippen LogP contribution in [0.4, 0.5) is 0 Å². The van der Waals surface area contributed by atoms with Crippen molar-refractivity contribution in [2.45, 2.75) is 47.5 Å². The first-order chi connectivity index (χ1) is 31.3. The normalized spacial score (nSPS) is 13.9. The summed E-state index contributed by atoms with van der Waals surface area (Å²) < 4.78 is 5.28. The Bertz CT molecular complexity index is 3490. The van der Waals surface area contributed by atoms with Gasteiger partial charge in [-0.3, -0.25) is 0 Å². The maximum Gasteiger partial charge on any atom is 0.247 e. The molecule has 0 fully saturated rings. The van der Waals surface area contributed by atoms with E-state index in [1.807, 2.05) is 0 Å². The van der Waals surface area contributed by atoms with E-state index >= 15 is 0 Å². The highest BCUT2D eigenvalue weighted by Crippen LogP contribution is 2.51. The van der Waals surface area contributed by atoms with Crippen LogP contribution in [0.1, 0.15) is 56.0 Å². The second kappa shape index (κ2) is 13.6. The van der Waals surface area contributed by atoms with Crippen molar-refractivity contribution in [1.29, 1.82) is 0 Å². The molecule has 3 heteroatoms. The van der Waals surface area contributed by atoms with Gasteiger partial charge in [-0.1, -0.05) is 173 Å². The number of para-hydroxylation sites is 2. The molecule has 2 nitrogen and oxygen atoms in total. The van der Waals surface area contributed by atoms with Crippen molar-refractivity contribution in [3.05, 3.63) is 220 Å². The van der Waals surface area contributed by atoms with Crippen LogP contribution in [-0.4, -0.2) is 15.8 Å². The topological polar surface area (TPSA) is 9.86 Å². The lowest BCUT2D eigenvalue weighted by molar-refractivity contribution is 0.901. The summed E-state index contributed by atoms with van der Waals surface area (Å²) in [5, 5.41) is 5.24. The Morgan fingerprint density at radius 2 is 0.922 bits per heavy atom. The van der Waals surface area contributed by atoms with Gasteiger partial charge < -0.3 is 9.13 Å². The second-order valence-corrected chi connectivity index (χ2v) is 18.7. The van der Waals surface area contributed by atoms with Crippen molar-refractivity contribution in [2.75, 3.05) is 0 Å². The maximum atomic E-state index is 2.64. The molecule has 2 aliphatic heterocycles. The minimum atomic E-state index is 0.0252. The number of fused-ring (bicyclic) bond motifs is 10. The van der Waals surface area contributed by atoms with Crippen LogP contribution in [0.25, 0.3) is 77.2 Å². The van der Waals surface area contributed by atoms with Crippen LogP contribution in [0, 0.1) is 41.5 Å². The molecule has 0 saturated carbocycles. The van der Waals surface area contributed by atoms with E-state index in [2.05, 4.69) is 221 Å². The molecule has 9 aromatic carbocycles. The van der Waals surface area contributed by atoms with E-state index in [9.17, 15) is 0 Å². The van der Waals surface area contributed by atoms with Crippen LogP contribution < -0.4 is 16.4 Å². The molecule has 4 heterocycles. The van der Waals surface area contributed by atoms with E-state index in [1.54, 1.807) is 0 Å². The third-order valence-electron chi connectivity index (χ3n) is 14.8. The van der Waals surface area contributed by atoms with E-state index in [4.69, 9.17) is 0 Å². The summed E-state index contributed by atoms with van der Waals surface area (Å²) in [7, 11) is 0. The largest absolute Gasteiger partial charge is 0.310 e. The van der Waals surface area contributed by atoms with E-state index < -0.39 is 0 Å². The van der Waals surface area contributed by atoms with Gasteiger partial charge in [-0.15, -0.1) is 0 Å². The average molecular weight is 819 g/mol. The number of nitrogens with zero attached hydrogens (tertiary/aromatic N) is 2. The van der Waals surface area contributed by atoms with Crippen LogP contribution in [0.15, 0.2) is 170 Å². The summed E-state index contributed by atoms with van der Waals surface area (Å²) in [5.74, 6) is 0.0252. The Morgan fingerprint density at radius 1 is 0.406 bits per heavy atom. The number of aromatic nitrogens is 2. The minimum absolute atomic E-state index is 0.0252. The van der Waals surface area contributed by atoms with Crippen LogP contribution in [0.5, 0.6) is 0 Å². The molecule has 0 bridgehead atoms. The summed E-state index contributed by atoms with van der Waals surface area (Å²) in [4.78, 5) is 0. The maximum absolute atomic E-state index is 2.64. The summed E-state index contributed by atoms with van der Waals surface area (Å²) >= 11 is 0. The molecule has 1 unspecified atom stereocenters. The van der Waals surface area contributed by atoms with Gasteiger partial charge in [0, 0.05) is 44.4 Å². The fraction of sp³-hybridized carbons (Fsp3) is 0.115. The molecule has 0 radical (unpaired) electrons. The SMILES string of the molecule is Cc1cc(C)c(B2c3cc4c(cc3-n3c5cccc(-c6ccccc6)c5c5cccc2c53)C(c2c(C)cc(C)cc2C)c2cccc3c5c(-c6ccccc6)cccc5n-4c23)c(C)c1. The summed E-state index contributed by atoms with van der Waals surface area (Å²) in [6, 6.07) is 64.7. The first-order valence-corrected chi connectivity index (χ1v) is 22.8. The number of rotatable bonds is 4. The highest BCUT2D eigenvalue weighted by atomic mass is 15.0. The van der Waals surface area contributed by atoms with Crippen LogP contribution in [0.3, 0.4) is 0 Å². The van der Waals surface area contributed by atoms with Crippen molar-refractivity contribution < 1.29 is 0 Å². The number of hydrogen-bond acceptors (Lipinski definition) is 0. The summed E-state index contributed by atoms with van der Waals surface area (Å²) in [6.45, 7) is 13.8. The quantitative estimate of drug-likeness (QED) is 0.157. The van der Waals surface area contributed by atoms with Crippen LogP contribution in [0.2, 0.25) is 0 Å². The van der Waals surface area contributed by atoms with E-state index in [-0.39, 0.29) is 12.6 Å². The Balaban J connectivity index is 1.23. The van der Waals surface area contributed by atoms with Gasteiger partial charge in [0.1, 0.15) is 0 Å². The Hall–Kier alpha value is -7.36. The number of aryl methyl sites for hydroxylation is 6. The molecule has 0 amide bonds. The van der Waals surface area contributed by atoms with Crippen molar-refractivity contribution in [3.63, 3.8) is 0 Å². The average Bonchev–Trinajstić information content (AvgIpc) is 3.83. The van der Waals surface area contributed by atoms with Gasteiger partial charge in [-0.05, 0) is 127 Å². The molecular weight excluding hydrogens is 771 g/mol. The van der Waals surface area contributed by atoms with E-state index in [1.165, 1.54) is 144 Å². The van der Waals surface area contributed by atoms with Gasteiger partial charge in [-0.25, -0.2) is 0 Å². The van der Waals surface area contributed by atoms with Crippen molar-refractivity contribution >= 4 is 66.7 Å². The van der Waals surface area contributed by atoms with Gasteiger partial charge >= 0.3 is 0 Å². The summed E-state index contributed by atoms with van der Waals surface area (Å²) in [6.07, 6.45) is 0. The zero-order valence-electron chi connectivity index (χ0n) is 37.2. The third-order valence-corrected chi connectivity index (χ3v) is 14.8.